The third kappa shape index (κ3) is 2.44. The number of nitrogens with one attached hydrogen (secondary N) is 2. The molecule has 0 atom stereocenters. The predicted molar refractivity (Wildman–Crippen MR) is 75.4 cm³/mol. The number of furan rings is 1. The van der Waals surface area contributed by atoms with Gasteiger partial charge in [-0.2, -0.15) is 0 Å². The Kier molecular flexibility index (Phi) is 3.18. The summed E-state index contributed by atoms with van der Waals surface area (Å²) in [5.41, 5.74) is 0.300. The van der Waals surface area contributed by atoms with E-state index in [1.165, 1.54) is 12.1 Å². The van der Waals surface area contributed by atoms with E-state index < -0.39 is 16.9 Å². The molecule has 1 aliphatic rings. The summed E-state index contributed by atoms with van der Waals surface area (Å²) < 4.78 is 5.49. The van der Waals surface area contributed by atoms with Crippen molar-refractivity contribution in [3.05, 3.63) is 58.0 Å². The minimum atomic E-state index is -0.610. The van der Waals surface area contributed by atoms with Gasteiger partial charge in [0.15, 0.2) is 0 Å². The van der Waals surface area contributed by atoms with Crippen LogP contribution in [0.1, 0.15) is 5.76 Å². The van der Waals surface area contributed by atoms with Gasteiger partial charge in [-0.05, 0) is 18.2 Å². The number of nitrogens with zero attached hydrogens (tertiary/aromatic N) is 1. The van der Waals surface area contributed by atoms with Crippen LogP contribution >= 0.6 is 0 Å². The molecule has 0 saturated carbocycles. The van der Waals surface area contributed by atoms with Crippen LogP contribution < -0.4 is 10.6 Å². The zero-order chi connectivity index (χ0) is 15.7. The maximum Gasteiger partial charge on any atom is 0.326 e. The quantitative estimate of drug-likeness (QED) is 0.389. The van der Waals surface area contributed by atoms with Gasteiger partial charge in [0.1, 0.15) is 17.2 Å². The standard InChI is InChI=1S/C14H9N3O5/c18-13-10(15-14(19)16-13)7-8-5-6-12(22-8)9-3-1-2-4-11(9)17(20)21/h1-7H,(H2,15,16,18,19)/b10-7+. The number of imide groups is 1. The molecule has 0 bridgehead atoms. The lowest BCUT2D eigenvalue weighted by Crippen LogP contribution is -2.22. The average Bonchev–Trinajstić information content (AvgIpc) is 3.06. The number of benzene rings is 1. The van der Waals surface area contributed by atoms with Crippen molar-refractivity contribution in [2.24, 2.45) is 0 Å². The molecule has 3 rings (SSSR count). The van der Waals surface area contributed by atoms with Gasteiger partial charge in [0.05, 0.1) is 10.5 Å². The monoisotopic (exact) mass is 299 g/mol. The van der Waals surface area contributed by atoms with Gasteiger partial charge in [-0.3, -0.25) is 20.2 Å². The van der Waals surface area contributed by atoms with Crippen LogP contribution in [0.25, 0.3) is 17.4 Å². The number of hydrogen-bond acceptors (Lipinski definition) is 5. The Morgan fingerprint density at radius 1 is 1.09 bits per heavy atom. The van der Waals surface area contributed by atoms with E-state index in [0.29, 0.717) is 17.1 Å². The van der Waals surface area contributed by atoms with Gasteiger partial charge in [-0.1, -0.05) is 12.1 Å². The molecule has 0 radical (unpaired) electrons. The molecule has 2 N–H and O–H groups in total. The number of urea groups is 1. The molecule has 0 spiro atoms. The number of carbonyl (C=O) groups excluding carboxylic acids is 2. The first-order chi connectivity index (χ1) is 10.5. The summed E-state index contributed by atoms with van der Waals surface area (Å²) >= 11 is 0. The maximum atomic E-state index is 11.4. The van der Waals surface area contributed by atoms with E-state index >= 15 is 0 Å². The SMILES string of the molecule is O=C1NC(=O)/C(=C\c2ccc(-c3ccccc3[N+](=O)[O-])o2)N1. The Labute approximate surface area is 123 Å². The van der Waals surface area contributed by atoms with Gasteiger partial charge >= 0.3 is 6.03 Å². The third-order valence-corrected chi connectivity index (χ3v) is 3.00. The molecule has 110 valence electrons. The molecule has 3 amide bonds. The van der Waals surface area contributed by atoms with Gasteiger partial charge in [-0.15, -0.1) is 0 Å². The number of hydrogen-bond donors (Lipinski definition) is 2. The lowest BCUT2D eigenvalue weighted by Gasteiger charge is -1.98. The summed E-state index contributed by atoms with van der Waals surface area (Å²) in [6.07, 6.45) is 1.35. The van der Waals surface area contributed by atoms with Gasteiger partial charge in [0, 0.05) is 12.1 Å². The summed E-state index contributed by atoms with van der Waals surface area (Å²) in [4.78, 5) is 32.9. The average molecular weight is 299 g/mol. The second-order valence-electron chi connectivity index (χ2n) is 4.44. The Bertz CT molecular complexity index is 821. The second-order valence-corrected chi connectivity index (χ2v) is 4.44. The van der Waals surface area contributed by atoms with Gasteiger partial charge < -0.3 is 9.73 Å². The molecule has 1 saturated heterocycles. The van der Waals surface area contributed by atoms with Crippen LogP contribution in [0.4, 0.5) is 10.5 Å². The Hall–Kier alpha value is -3.42. The van der Waals surface area contributed by atoms with Crippen LogP contribution in [-0.2, 0) is 4.79 Å². The van der Waals surface area contributed by atoms with Crippen LogP contribution in [0, 0.1) is 10.1 Å². The number of rotatable bonds is 3. The Morgan fingerprint density at radius 2 is 1.86 bits per heavy atom. The molecule has 0 aliphatic carbocycles. The normalized spacial score (nSPS) is 15.7. The number of para-hydroxylation sites is 1. The second kappa shape index (κ2) is 5.17. The first-order valence-electron chi connectivity index (χ1n) is 6.22. The number of carbonyl (C=O) groups is 2. The van der Waals surface area contributed by atoms with Crippen molar-refractivity contribution in [1.82, 2.24) is 10.6 Å². The molecule has 0 unspecified atom stereocenters. The summed E-state index contributed by atoms with van der Waals surface area (Å²) in [7, 11) is 0. The fourth-order valence-corrected chi connectivity index (χ4v) is 2.04. The first kappa shape index (κ1) is 13.6. The summed E-state index contributed by atoms with van der Waals surface area (Å²) in [6.45, 7) is 0. The van der Waals surface area contributed by atoms with Crippen molar-refractivity contribution in [3.8, 4) is 11.3 Å². The molecule has 8 nitrogen and oxygen atoms in total. The van der Waals surface area contributed by atoms with Crippen molar-refractivity contribution in [2.45, 2.75) is 0 Å². The van der Waals surface area contributed by atoms with Crippen molar-refractivity contribution in [3.63, 3.8) is 0 Å². The number of nitro benzene ring substituents is 1. The molecule has 8 heteroatoms. The Balaban J connectivity index is 1.95. The van der Waals surface area contributed by atoms with Crippen molar-refractivity contribution < 1.29 is 18.9 Å². The molecule has 1 aromatic heterocycles. The smallest absolute Gasteiger partial charge is 0.326 e. The maximum absolute atomic E-state index is 11.4. The van der Waals surface area contributed by atoms with Crippen LogP contribution in [0.2, 0.25) is 0 Å². The van der Waals surface area contributed by atoms with E-state index in [0.717, 1.165) is 0 Å². The van der Waals surface area contributed by atoms with E-state index in [4.69, 9.17) is 4.42 Å². The van der Waals surface area contributed by atoms with Crippen molar-refractivity contribution >= 4 is 23.7 Å². The predicted octanol–water partition coefficient (Wildman–Crippen LogP) is 2.04. The lowest BCUT2D eigenvalue weighted by molar-refractivity contribution is -0.384. The minimum absolute atomic E-state index is 0.0495. The van der Waals surface area contributed by atoms with E-state index in [-0.39, 0.29) is 11.4 Å². The Morgan fingerprint density at radius 3 is 2.55 bits per heavy atom. The highest BCUT2D eigenvalue weighted by molar-refractivity contribution is 6.13. The topological polar surface area (TPSA) is 114 Å². The zero-order valence-electron chi connectivity index (χ0n) is 11.0. The number of nitro groups is 1. The van der Waals surface area contributed by atoms with Crippen LogP contribution in [0.3, 0.4) is 0 Å². The highest BCUT2D eigenvalue weighted by atomic mass is 16.6. The van der Waals surface area contributed by atoms with E-state index in [9.17, 15) is 19.7 Å². The lowest BCUT2D eigenvalue weighted by atomic mass is 10.1. The van der Waals surface area contributed by atoms with Crippen LogP contribution in [-0.4, -0.2) is 16.9 Å². The molecular weight excluding hydrogens is 290 g/mol. The molecule has 1 aliphatic heterocycles. The van der Waals surface area contributed by atoms with Crippen molar-refractivity contribution in [2.75, 3.05) is 0 Å². The third-order valence-electron chi connectivity index (χ3n) is 3.00. The van der Waals surface area contributed by atoms with E-state index in [1.54, 1.807) is 30.3 Å². The summed E-state index contributed by atoms with van der Waals surface area (Å²) in [5.74, 6) is 0.0259. The van der Waals surface area contributed by atoms with Gasteiger partial charge in [0.25, 0.3) is 11.6 Å². The molecule has 2 heterocycles. The largest absolute Gasteiger partial charge is 0.456 e. The molecule has 1 aromatic carbocycles. The highest BCUT2D eigenvalue weighted by Crippen LogP contribution is 2.31. The van der Waals surface area contributed by atoms with Gasteiger partial charge in [0.2, 0.25) is 0 Å². The van der Waals surface area contributed by atoms with Crippen LogP contribution in [0.15, 0.2) is 46.5 Å². The molecular formula is C14H9N3O5. The first-order valence-corrected chi connectivity index (χ1v) is 6.22. The summed E-state index contributed by atoms with van der Waals surface area (Å²) in [6, 6.07) is 8.67. The molecule has 1 fully saturated rings. The van der Waals surface area contributed by atoms with Crippen molar-refractivity contribution in [1.29, 1.82) is 0 Å². The van der Waals surface area contributed by atoms with Gasteiger partial charge in [-0.25, -0.2) is 4.79 Å². The highest BCUT2D eigenvalue weighted by Gasteiger charge is 2.23. The zero-order valence-corrected chi connectivity index (χ0v) is 11.0. The summed E-state index contributed by atoms with van der Waals surface area (Å²) in [5, 5.41) is 15.4. The number of amides is 3. The fraction of sp³-hybridized carbons (Fsp3) is 0. The molecule has 22 heavy (non-hydrogen) atoms. The van der Waals surface area contributed by atoms with E-state index in [1.807, 2.05) is 0 Å². The van der Waals surface area contributed by atoms with E-state index in [2.05, 4.69) is 10.6 Å². The van der Waals surface area contributed by atoms with Crippen LogP contribution in [0.5, 0.6) is 0 Å². The fourth-order valence-electron chi connectivity index (χ4n) is 2.04. The minimum Gasteiger partial charge on any atom is -0.456 e. The molecule has 2 aromatic rings.